The third kappa shape index (κ3) is 30.7. The van der Waals surface area contributed by atoms with E-state index in [9.17, 15) is 0 Å². The molecular weight excluding hydrogens is 913 g/mol. The van der Waals surface area contributed by atoms with Crippen molar-refractivity contribution in [1.29, 1.82) is 0 Å². The Kier molecular flexibility index (Phi) is 29.1. The standard InChI is InChI=1S/C66H114N4O4/c1-55(2)33-41-67(9,10)37-17-21-45-71-63-49-61(50-64(53-63)72-46-22-18-38-68(11,12)42-34-56(3)4)31-29-59-25-27-60(28-26-59)30-32-62-51-65(73-47-23-19-39-69(13,14)43-35-57(5)6)54-66(52-62)74-48-24-20-40-70(15,16)44-36-58(7)8/h25-32,49-58H,17-24,33-48H2,1-16H3/q+4/b31-29+,32-30+. The lowest BCUT2D eigenvalue weighted by Crippen LogP contribution is -2.41. The number of ether oxygens (including phenoxy) is 4. The molecule has 0 spiro atoms. The van der Waals surface area contributed by atoms with Gasteiger partial charge in [0.25, 0.3) is 0 Å². The van der Waals surface area contributed by atoms with Gasteiger partial charge in [0.1, 0.15) is 23.0 Å². The summed E-state index contributed by atoms with van der Waals surface area (Å²) >= 11 is 0. The first-order chi connectivity index (χ1) is 34.9. The lowest BCUT2D eigenvalue weighted by Gasteiger charge is -2.30. The number of benzene rings is 3. The Morgan fingerprint density at radius 1 is 0.297 bits per heavy atom. The highest BCUT2D eigenvalue weighted by Crippen LogP contribution is 2.28. The average Bonchev–Trinajstić information content (AvgIpc) is 3.32. The minimum Gasteiger partial charge on any atom is -0.493 e. The molecule has 8 nitrogen and oxygen atoms in total. The molecule has 74 heavy (non-hydrogen) atoms. The van der Waals surface area contributed by atoms with Gasteiger partial charge in [-0.05, 0) is 147 Å². The summed E-state index contributed by atoms with van der Waals surface area (Å²) < 4.78 is 30.0. The zero-order chi connectivity index (χ0) is 54.6. The lowest BCUT2D eigenvalue weighted by molar-refractivity contribution is -0.891. The van der Waals surface area contributed by atoms with Gasteiger partial charge in [0.05, 0.1) is 135 Å². The van der Waals surface area contributed by atoms with E-state index in [-0.39, 0.29) is 0 Å². The Balaban J connectivity index is 1.70. The Morgan fingerprint density at radius 2 is 0.514 bits per heavy atom. The molecule has 0 heterocycles. The van der Waals surface area contributed by atoms with Crippen molar-refractivity contribution in [2.24, 2.45) is 23.7 Å². The van der Waals surface area contributed by atoms with Crippen LogP contribution in [0.5, 0.6) is 23.0 Å². The quantitative estimate of drug-likeness (QED) is 0.0323. The maximum Gasteiger partial charge on any atom is 0.123 e. The van der Waals surface area contributed by atoms with Gasteiger partial charge in [0, 0.05) is 12.1 Å². The Hall–Kier alpha value is -3.82. The predicted molar refractivity (Wildman–Crippen MR) is 321 cm³/mol. The fraction of sp³-hybridized carbons (Fsp3) is 0.667. The third-order valence-corrected chi connectivity index (χ3v) is 14.6. The van der Waals surface area contributed by atoms with Crippen LogP contribution in [0.3, 0.4) is 0 Å². The number of unbranched alkanes of at least 4 members (excludes halogenated alkanes) is 4. The normalized spacial score (nSPS) is 12.9. The van der Waals surface area contributed by atoms with E-state index >= 15 is 0 Å². The summed E-state index contributed by atoms with van der Waals surface area (Å²) in [6, 6.07) is 21.5. The first-order valence-electron chi connectivity index (χ1n) is 29.4. The fourth-order valence-electron chi connectivity index (χ4n) is 9.02. The maximum atomic E-state index is 6.42. The molecule has 3 rings (SSSR count). The molecule has 0 saturated carbocycles. The van der Waals surface area contributed by atoms with Gasteiger partial charge in [-0.15, -0.1) is 0 Å². The van der Waals surface area contributed by atoms with E-state index in [4.69, 9.17) is 18.9 Å². The van der Waals surface area contributed by atoms with Crippen LogP contribution < -0.4 is 18.9 Å². The summed E-state index contributed by atoms with van der Waals surface area (Å²) in [6.07, 6.45) is 22.5. The van der Waals surface area contributed by atoms with Crippen molar-refractivity contribution in [2.75, 3.05) is 135 Å². The van der Waals surface area contributed by atoms with Gasteiger partial charge in [0.2, 0.25) is 0 Å². The average molecular weight is 1030 g/mol. The molecule has 0 aliphatic carbocycles. The topological polar surface area (TPSA) is 36.9 Å². The fourth-order valence-corrected chi connectivity index (χ4v) is 9.02. The molecule has 0 radical (unpaired) electrons. The van der Waals surface area contributed by atoms with E-state index in [1.807, 2.05) is 0 Å². The second kappa shape index (κ2) is 33.4. The molecule has 0 aliphatic heterocycles. The van der Waals surface area contributed by atoms with Crippen LogP contribution >= 0.6 is 0 Å². The van der Waals surface area contributed by atoms with E-state index in [0.717, 1.165) is 138 Å². The van der Waals surface area contributed by atoms with Gasteiger partial charge in [-0.1, -0.05) is 104 Å². The molecule has 0 N–H and O–H groups in total. The van der Waals surface area contributed by atoms with Crippen LogP contribution in [0.15, 0.2) is 60.7 Å². The van der Waals surface area contributed by atoms with Gasteiger partial charge in [-0.3, -0.25) is 0 Å². The predicted octanol–water partition coefficient (Wildman–Crippen LogP) is 15.2. The van der Waals surface area contributed by atoms with Gasteiger partial charge < -0.3 is 36.9 Å². The van der Waals surface area contributed by atoms with E-state index in [0.29, 0.717) is 26.4 Å². The van der Waals surface area contributed by atoms with E-state index < -0.39 is 0 Å². The van der Waals surface area contributed by atoms with Gasteiger partial charge >= 0.3 is 0 Å². The SMILES string of the molecule is CC(C)CC[N+](C)(C)CCCCOc1cc(/C=C/c2ccc(/C=C/c3cc(OCCCC[N+](C)(C)CCC(C)C)cc(OCCCC[N+](C)(C)CCC(C)C)c3)cc2)cc(OCCCC[N+](C)(C)CCC(C)C)c1. The molecule has 0 atom stereocenters. The first kappa shape index (κ1) is 64.5. The maximum absolute atomic E-state index is 6.42. The summed E-state index contributed by atoms with van der Waals surface area (Å²) in [7, 11) is 18.9. The zero-order valence-electron chi connectivity index (χ0n) is 50.8. The summed E-state index contributed by atoms with van der Waals surface area (Å²) in [5, 5.41) is 0. The summed E-state index contributed by atoms with van der Waals surface area (Å²) in [5.74, 6) is 6.45. The number of hydrogen-bond donors (Lipinski definition) is 0. The van der Waals surface area contributed by atoms with Crippen molar-refractivity contribution in [3.8, 4) is 23.0 Å². The van der Waals surface area contributed by atoms with Crippen LogP contribution in [0.1, 0.15) is 155 Å². The number of hydrogen-bond acceptors (Lipinski definition) is 4. The van der Waals surface area contributed by atoms with Crippen LogP contribution in [0.4, 0.5) is 0 Å². The second-order valence-electron chi connectivity index (χ2n) is 26.3. The van der Waals surface area contributed by atoms with Crippen molar-refractivity contribution >= 4 is 24.3 Å². The van der Waals surface area contributed by atoms with E-state index in [2.05, 4.69) is 197 Å². The van der Waals surface area contributed by atoms with Crippen LogP contribution in [-0.2, 0) is 0 Å². The number of nitrogens with zero attached hydrogens (tertiary/aromatic N) is 4. The molecule has 8 heteroatoms. The van der Waals surface area contributed by atoms with Crippen LogP contribution in [0, 0.1) is 23.7 Å². The minimum absolute atomic E-state index is 0.703. The summed E-state index contributed by atoms with van der Waals surface area (Å²) in [5.41, 5.74) is 4.44. The highest BCUT2D eigenvalue weighted by molar-refractivity contribution is 5.74. The van der Waals surface area contributed by atoms with E-state index in [1.165, 1.54) is 78.0 Å². The smallest absolute Gasteiger partial charge is 0.123 e. The Bertz CT molecular complexity index is 1780. The van der Waals surface area contributed by atoms with Gasteiger partial charge in [-0.25, -0.2) is 0 Å². The van der Waals surface area contributed by atoms with Crippen molar-refractivity contribution < 1.29 is 36.9 Å². The molecule has 0 aliphatic rings. The molecule has 0 aromatic heterocycles. The summed E-state index contributed by atoms with van der Waals surface area (Å²) in [4.78, 5) is 0. The highest BCUT2D eigenvalue weighted by Gasteiger charge is 2.19. The largest absolute Gasteiger partial charge is 0.493 e. The van der Waals surface area contributed by atoms with Crippen molar-refractivity contribution in [3.63, 3.8) is 0 Å². The molecule has 0 amide bonds. The van der Waals surface area contributed by atoms with Crippen molar-refractivity contribution in [3.05, 3.63) is 82.9 Å². The minimum atomic E-state index is 0.703. The van der Waals surface area contributed by atoms with Crippen molar-refractivity contribution in [1.82, 2.24) is 0 Å². The number of quaternary nitrogens is 4. The zero-order valence-corrected chi connectivity index (χ0v) is 50.8. The van der Waals surface area contributed by atoms with Crippen molar-refractivity contribution in [2.45, 2.75) is 132 Å². The molecule has 0 saturated heterocycles. The van der Waals surface area contributed by atoms with Crippen LogP contribution in [0.2, 0.25) is 0 Å². The van der Waals surface area contributed by atoms with Gasteiger partial charge in [-0.2, -0.15) is 0 Å². The number of rotatable bonds is 40. The monoisotopic (exact) mass is 1030 g/mol. The Morgan fingerprint density at radius 3 is 0.730 bits per heavy atom. The molecule has 0 bridgehead atoms. The second-order valence-corrected chi connectivity index (χ2v) is 26.3. The van der Waals surface area contributed by atoms with E-state index in [1.54, 1.807) is 0 Å². The van der Waals surface area contributed by atoms with Gasteiger partial charge in [0.15, 0.2) is 0 Å². The van der Waals surface area contributed by atoms with Crippen LogP contribution in [0.25, 0.3) is 24.3 Å². The molecule has 0 unspecified atom stereocenters. The van der Waals surface area contributed by atoms with Crippen LogP contribution in [-0.4, -0.2) is 153 Å². The first-order valence-corrected chi connectivity index (χ1v) is 29.4. The third-order valence-electron chi connectivity index (χ3n) is 14.6. The molecule has 3 aromatic carbocycles. The lowest BCUT2D eigenvalue weighted by atomic mass is 10.1. The summed E-state index contributed by atoms with van der Waals surface area (Å²) in [6.45, 7) is 30.9. The highest BCUT2D eigenvalue weighted by atomic mass is 16.5. The Labute approximate surface area is 456 Å². The molecule has 3 aromatic rings. The molecule has 418 valence electrons. The molecular formula is C66H114N4O4+4. The molecule has 0 fully saturated rings.